The highest BCUT2D eigenvalue weighted by atomic mass is 19.4. The van der Waals surface area contributed by atoms with Crippen molar-refractivity contribution >= 4 is 0 Å². The van der Waals surface area contributed by atoms with E-state index in [2.05, 4.69) is 0 Å². The number of alkyl halides is 3. The lowest BCUT2D eigenvalue weighted by Gasteiger charge is -2.18. The highest BCUT2D eigenvalue weighted by Gasteiger charge is 2.35. The van der Waals surface area contributed by atoms with Crippen molar-refractivity contribution in [2.24, 2.45) is 0 Å². The lowest BCUT2D eigenvalue weighted by molar-refractivity contribution is -0.139. The molecule has 0 aliphatic carbocycles. The molecule has 0 fully saturated rings. The van der Waals surface area contributed by atoms with Crippen molar-refractivity contribution in [2.45, 2.75) is 12.3 Å². The average Bonchev–Trinajstić information content (AvgIpc) is 2.45. The fourth-order valence-electron chi connectivity index (χ4n) is 2.02. The van der Waals surface area contributed by atoms with E-state index in [0.717, 1.165) is 18.2 Å². The number of methoxy groups -OCH3 is 1. The molecule has 1 N–H and O–H groups in total. The Bertz CT molecular complexity index is 638. The smallest absolute Gasteiger partial charge is 0.416 e. The molecule has 0 amide bonds. The van der Waals surface area contributed by atoms with Gasteiger partial charge in [0.25, 0.3) is 0 Å². The normalized spacial score (nSPS) is 13.0. The Balaban J connectivity index is 2.48. The van der Waals surface area contributed by atoms with E-state index in [0.29, 0.717) is 0 Å². The monoisotopic (exact) mass is 300 g/mol. The summed E-state index contributed by atoms with van der Waals surface area (Å²) >= 11 is 0. The zero-order chi connectivity index (χ0) is 15.6. The zero-order valence-corrected chi connectivity index (χ0v) is 11.0. The highest BCUT2D eigenvalue weighted by Crippen LogP contribution is 2.37. The minimum Gasteiger partial charge on any atom is -0.497 e. The number of ether oxygens (including phenoxy) is 1. The maximum absolute atomic E-state index is 13.9. The van der Waals surface area contributed by atoms with E-state index in [1.165, 1.54) is 31.4 Å². The van der Waals surface area contributed by atoms with Gasteiger partial charge in [0.2, 0.25) is 0 Å². The molecule has 112 valence electrons. The van der Waals surface area contributed by atoms with Crippen LogP contribution in [-0.4, -0.2) is 12.2 Å². The van der Waals surface area contributed by atoms with Crippen molar-refractivity contribution in [3.63, 3.8) is 0 Å². The van der Waals surface area contributed by atoms with E-state index in [9.17, 15) is 22.7 Å². The molecule has 0 heterocycles. The molecule has 2 aromatic rings. The molecule has 0 aliphatic heterocycles. The molecular weight excluding hydrogens is 288 g/mol. The molecule has 21 heavy (non-hydrogen) atoms. The topological polar surface area (TPSA) is 29.5 Å². The van der Waals surface area contributed by atoms with Gasteiger partial charge in [0.1, 0.15) is 17.7 Å². The summed E-state index contributed by atoms with van der Waals surface area (Å²) in [5.74, 6) is -0.619. The molecule has 2 rings (SSSR count). The standard InChI is InChI=1S/C15H12F4O2/c1-21-9-6-7-11(13(16)8-9)14(20)10-4-2-3-5-12(10)15(17,18)19/h2-8,14,20H,1H3. The summed E-state index contributed by atoms with van der Waals surface area (Å²) in [5.41, 5.74) is -1.63. The second kappa shape index (κ2) is 5.73. The van der Waals surface area contributed by atoms with Gasteiger partial charge in [-0.3, -0.25) is 0 Å². The van der Waals surface area contributed by atoms with Crippen LogP contribution in [0.5, 0.6) is 5.75 Å². The van der Waals surface area contributed by atoms with Crippen LogP contribution in [0.4, 0.5) is 17.6 Å². The van der Waals surface area contributed by atoms with Gasteiger partial charge in [0.05, 0.1) is 12.7 Å². The van der Waals surface area contributed by atoms with Crippen LogP contribution in [0, 0.1) is 5.82 Å². The lowest BCUT2D eigenvalue weighted by Crippen LogP contribution is -2.13. The predicted octanol–water partition coefficient (Wildman–Crippen LogP) is 3.93. The van der Waals surface area contributed by atoms with Crippen molar-refractivity contribution < 1.29 is 27.4 Å². The summed E-state index contributed by atoms with van der Waals surface area (Å²) in [6.45, 7) is 0. The first-order valence-corrected chi connectivity index (χ1v) is 6.02. The summed E-state index contributed by atoms with van der Waals surface area (Å²) < 4.78 is 57.4. The number of aliphatic hydroxyl groups excluding tert-OH is 1. The van der Waals surface area contributed by atoms with Crippen LogP contribution >= 0.6 is 0 Å². The van der Waals surface area contributed by atoms with Gasteiger partial charge in [-0.25, -0.2) is 4.39 Å². The molecule has 0 bridgehead atoms. The summed E-state index contributed by atoms with van der Waals surface area (Å²) in [6.07, 6.45) is -6.34. The summed E-state index contributed by atoms with van der Waals surface area (Å²) in [7, 11) is 1.34. The van der Waals surface area contributed by atoms with Gasteiger partial charge in [-0.15, -0.1) is 0 Å². The van der Waals surface area contributed by atoms with Crippen LogP contribution in [0.3, 0.4) is 0 Å². The van der Waals surface area contributed by atoms with E-state index in [-0.39, 0.29) is 11.3 Å². The van der Waals surface area contributed by atoms with Crippen molar-refractivity contribution in [3.8, 4) is 5.75 Å². The number of benzene rings is 2. The number of hydrogen-bond acceptors (Lipinski definition) is 2. The molecule has 0 aliphatic rings. The lowest BCUT2D eigenvalue weighted by atomic mass is 9.96. The average molecular weight is 300 g/mol. The van der Waals surface area contributed by atoms with Crippen LogP contribution in [0.25, 0.3) is 0 Å². The summed E-state index contributed by atoms with van der Waals surface area (Å²) in [6, 6.07) is 8.12. The third-order valence-electron chi connectivity index (χ3n) is 3.06. The van der Waals surface area contributed by atoms with Crippen LogP contribution < -0.4 is 4.74 Å². The van der Waals surface area contributed by atoms with Gasteiger partial charge >= 0.3 is 6.18 Å². The Labute approximate surface area is 118 Å². The third kappa shape index (κ3) is 3.16. The van der Waals surface area contributed by atoms with Crippen LogP contribution in [0.15, 0.2) is 42.5 Å². The van der Waals surface area contributed by atoms with E-state index >= 15 is 0 Å². The first-order valence-electron chi connectivity index (χ1n) is 6.02. The van der Waals surface area contributed by atoms with Crippen LogP contribution in [-0.2, 0) is 6.18 Å². The van der Waals surface area contributed by atoms with Crippen molar-refractivity contribution in [2.75, 3.05) is 7.11 Å². The third-order valence-corrected chi connectivity index (χ3v) is 3.06. The van der Waals surface area contributed by atoms with Crippen LogP contribution in [0.2, 0.25) is 0 Å². The van der Waals surface area contributed by atoms with Gasteiger partial charge in [-0.1, -0.05) is 18.2 Å². The largest absolute Gasteiger partial charge is 0.497 e. The molecule has 1 unspecified atom stereocenters. The molecule has 6 heteroatoms. The fraction of sp³-hybridized carbons (Fsp3) is 0.200. The maximum atomic E-state index is 13.9. The Morgan fingerprint density at radius 3 is 2.29 bits per heavy atom. The molecule has 2 nitrogen and oxygen atoms in total. The number of halogens is 4. The van der Waals surface area contributed by atoms with Crippen molar-refractivity contribution in [3.05, 3.63) is 65.0 Å². The van der Waals surface area contributed by atoms with E-state index in [1.54, 1.807) is 0 Å². The van der Waals surface area contributed by atoms with E-state index in [4.69, 9.17) is 4.74 Å². The minimum absolute atomic E-state index is 0.215. The second-order valence-corrected chi connectivity index (χ2v) is 4.37. The maximum Gasteiger partial charge on any atom is 0.416 e. The fourth-order valence-corrected chi connectivity index (χ4v) is 2.02. The van der Waals surface area contributed by atoms with Gasteiger partial charge in [-0.2, -0.15) is 13.2 Å². The van der Waals surface area contributed by atoms with E-state index < -0.39 is 29.2 Å². The van der Waals surface area contributed by atoms with Gasteiger partial charge < -0.3 is 9.84 Å². The zero-order valence-electron chi connectivity index (χ0n) is 11.0. The summed E-state index contributed by atoms with van der Waals surface area (Å²) in [4.78, 5) is 0. The molecule has 2 aromatic carbocycles. The highest BCUT2D eigenvalue weighted by molar-refractivity contribution is 5.39. The van der Waals surface area contributed by atoms with Gasteiger partial charge in [0.15, 0.2) is 0 Å². The van der Waals surface area contributed by atoms with Crippen molar-refractivity contribution in [1.29, 1.82) is 0 Å². The van der Waals surface area contributed by atoms with Crippen LogP contribution in [0.1, 0.15) is 22.8 Å². The molecule has 1 atom stereocenters. The Morgan fingerprint density at radius 2 is 1.71 bits per heavy atom. The molecule has 0 radical (unpaired) electrons. The number of hydrogen-bond donors (Lipinski definition) is 1. The minimum atomic E-state index is -4.62. The Hall–Kier alpha value is -2.08. The van der Waals surface area contributed by atoms with Gasteiger partial charge in [0, 0.05) is 11.6 Å². The quantitative estimate of drug-likeness (QED) is 0.870. The second-order valence-electron chi connectivity index (χ2n) is 4.37. The first-order chi connectivity index (χ1) is 9.84. The number of rotatable bonds is 3. The molecular formula is C15H12F4O2. The van der Waals surface area contributed by atoms with Gasteiger partial charge in [-0.05, 0) is 23.8 Å². The summed E-state index contributed by atoms with van der Waals surface area (Å²) in [5, 5.41) is 10.1. The molecule has 0 aromatic heterocycles. The molecule has 0 spiro atoms. The predicted molar refractivity (Wildman–Crippen MR) is 68.5 cm³/mol. The first kappa shape index (κ1) is 15.3. The molecule has 0 saturated heterocycles. The van der Waals surface area contributed by atoms with E-state index in [1.807, 2.05) is 0 Å². The number of aliphatic hydroxyl groups is 1. The van der Waals surface area contributed by atoms with Crippen molar-refractivity contribution in [1.82, 2.24) is 0 Å². The molecule has 0 saturated carbocycles. The Kier molecular flexibility index (Phi) is 4.18. The Morgan fingerprint density at radius 1 is 1.05 bits per heavy atom. The SMILES string of the molecule is COc1ccc(C(O)c2ccccc2C(F)(F)F)c(F)c1.